The maximum absolute atomic E-state index is 11.2. The van der Waals surface area contributed by atoms with Gasteiger partial charge in [-0.2, -0.15) is 0 Å². The quantitative estimate of drug-likeness (QED) is 0.415. The number of halogens is 1. The average Bonchev–Trinajstić information content (AvgIpc) is 2.16. The molecule has 0 fully saturated rings. The molecule has 0 saturated carbocycles. The van der Waals surface area contributed by atoms with E-state index >= 15 is 0 Å². The first kappa shape index (κ1) is 13.2. The normalized spacial score (nSPS) is 11.9. The van der Waals surface area contributed by atoms with Gasteiger partial charge in [-0.05, 0) is 19.8 Å². The van der Waals surface area contributed by atoms with Crippen LogP contribution in [0, 0.1) is 0 Å². The Kier molecular flexibility index (Phi) is 7.20. The summed E-state index contributed by atoms with van der Waals surface area (Å²) in [6.07, 6.45) is 1.94. The van der Waals surface area contributed by atoms with Gasteiger partial charge in [0.05, 0.1) is 7.11 Å². The summed E-state index contributed by atoms with van der Waals surface area (Å²) >= 11 is 5.46. The fourth-order valence-corrected chi connectivity index (χ4v) is 1.12. The van der Waals surface area contributed by atoms with Crippen LogP contribution in [0.4, 0.5) is 0 Å². The monoisotopic (exact) mass is 221 g/mol. The minimum Gasteiger partial charge on any atom is -0.467 e. The van der Waals surface area contributed by atoms with Gasteiger partial charge < -0.3 is 10.1 Å². The Balaban J connectivity index is 3.65. The lowest BCUT2D eigenvalue weighted by molar-refractivity contribution is -0.144. The zero-order valence-corrected chi connectivity index (χ0v) is 9.26. The number of esters is 1. The zero-order chi connectivity index (χ0) is 11.0. The average molecular weight is 222 g/mol. The highest BCUT2D eigenvalue weighted by atomic mass is 35.5. The van der Waals surface area contributed by atoms with Gasteiger partial charge in [0.2, 0.25) is 5.91 Å². The first-order chi connectivity index (χ1) is 6.61. The van der Waals surface area contributed by atoms with E-state index in [4.69, 9.17) is 11.6 Å². The first-order valence-corrected chi connectivity index (χ1v) is 5.08. The van der Waals surface area contributed by atoms with Crippen LogP contribution in [-0.2, 0) is 14.3 Å². The Morgan fingerprint density at radius 2 is 2.07 bits per heavy atom. The predicted molar refractivity (Wildman–Crippen MR) is 54.2 cm³/mol. The summed E-state index contributed by atoms with van der Waals surface area (Å²) in [5, 5.41) is 2.53. The Morgan fingerprint density at radius 1 is 1.43 bits per heavy atom. The molecule has 0 aliphatic carbocycles. The molecule has 1 atom stereocenters. The van der Waals surface area contributed by atoms with Crippen LogP contribution in [0.1, 0.15) is 26.2 Å². The molecule has 0 rings (SSSR count). The van der Waals surface area contributed by atoms with Crippen molar-refractivity contribution in [3.63, 3.8) is 0 Å². The number of ether oxygens (including phenoxy) is 1. The van der Waals surface area contributed by atoms with E-state index < -0.39 is 12.0 Å². The number of carbonyl (C=O) groups excluding carboxylic acids is 2. The van der Waals surface area contributed by atoms with Crippen molar-refractivity contribution in [3.05, 3.63) is 0 Å². The summed E-state index contributed by atoms with van der Waals surface area (Å²) < 4.78 is 4.46. The summed E-state index contributed by atoms with van der Waals surface area (Å²) in [5.41, 5.74) is 0. The molecule has 0 aromatic heterocycles. The number of hydrogen-bond donors (Lipinski definition) is 1. The lowest BCUT2D eigenvalue weighted by Crippen LogP contribution is -2.38. The lowest BCUT2D eigenvalue weighted by Gasteiger charge is -2.10. The van der Waals surface area contributed by atoms with Crippen molar-refractivity contribution < 1.29 is 14.3 Å². The third-order valence-corrected chi connectivity index (χ3v) is 1.99. The topological polar surface area (TPSA) is 55.4 Å². The molecule has 82 valence electrons. The van der Waals surface area contributed by atoms with Gasteiger partial charge in [-0.3, -0.25) is 4.79 Å². The number of methoxy groups -OCH3 is 1. The molecule has 4 nitrogen and oxygen atoms in total. The summed E-state index contributed by atoms with van der Waals surface area (Å²) in [4.78, 5) is 22.1. The summed E-state index contributed by atoms with van der Waals surface area (Å²) in [6.45, 7) is 1.59. The highest BCUT2D eigenvalue weighted by molar-refractivity contribution is 6.17. The van der Waals surface area contributed by atoms with E-state index in [1.165, 1.54) is 7.11 Å². The molecule has 0 unspecified atom stereocenters. The van der Waals surface area contributed by atoms with E-state index in [0.29, 0.717) is 12.3 Å². The van der Waals surface area contributed by atoms with Gasteiger partial charge >= 0.3 is 5.97 Å². The highest BCUT2D eigenvalue weighted by Crippen LogP contribution is 1.97. The Labute approximate surface area is 88.9 Å². The van der Waals surface area contributed by atoms with Crippen molar-refractivity contribution in [3.8, 4) is 0 Å². The Morgan fingerprint density at radius 3 is 2.57 bits per heavy atom. The third-order valence-electron chi connectivity index (χ3n) is 1.72. The van der Waals surface area contributed by atoms with Crippen molar-refractivity contribution in [2.45, 2.75) is 32.2 Å². The zero-order valence-electron chi connectivity index (χ0n) is 8.51. The van der Waals surface area contributed by atoms with Gasteiger partial charge in [-0.25, -0.2) is 4.79 Å². The van der Waals surface area contributed by atoms with E-state index in [-0.39, 0.29) is 5.91 Å². The minimum absolute atomic E-state index is 0.145. The second kappa shape index (κ2) is 7.62. The summed E-state index contributed by atoms with van der Waals surface area (Å²) in [6, 6.07) is -0.580. The molecule has 1 amide bonds. The molecule has 0 aromatic rings. The fraction of sp³-hybridized carbons (Fsp3) is 0.778. The van der Waals surface area contributed by atoms with Gasteiger partial charge in [-0.1, -0.05) is 0 Å². The number of unbranched alkanes of at least 4 members (excludes halogenated alkanes) is 1. The maximum Gasteiger partial charge on any atom is 0.328 e. The van der Waals surface area contributed by atoms with Crippen molar-refractivity contribution >= 4 is 23.5 Å². The molecule has 1 N–H and O–H groups in total. The Bertz CT molecular complexity index is 196. The van der Waals surface area contributed by atoms with Gasteiger partial charge in [0.25, 0.3) is 0 Å². The van der Waals surface area contributed by atoms with Crippen molar-refractivity contribution in [1.82, 2.24) is 5.32 Å². The van der Waals surface area contributed by atoms with Gasteiger partial charge in [0, 0.05) is 12.3 Å². The van der Waals surface area contributed by atoms with E-state index in [1.807, 2.05) is 0 Å². The SMILES string of the molecule is COC(=O)[C@H](C)NC(=O)CCCCCl. The molecule has 0 radical (unpaired) electrons. The number of carbonyl (C=O) groups is 2. The molecule has 0 heterocycles. The van der Waals surface area contributed by atoms with Crippen molar-refractivity contribution in [2.24, 2.45) is 0 Å². The molecule has 0 aliphatic rings. The van der Waals surface area contributed by atoms with E-state index in [1.54, 1.807) is 6.92 Å². The van der Waals surface area contributed by atoms with Crippen LogP contribution in [0.5, 0.6) is 0 Å². The second-order valence-electron chi connectivity index (χ2n) is 2.96. The molecule has 0 aliphatic heterocycles. The third kappa shape index (κ3) is 5.80. The summed E-state index contributed by atoms with van der Waals surface area (Å²) in [7, 11) is 1.29. The van der Waals surface area contributed by atoms with E-state index in [0.717, 1.165) is 12.8 Å². The molecular weight excluding hydrogens is 206 g/mol. The van der Waals surface area contributed by atoms with Crippen LogP contribution in [0.3, 0.4) is 0 Å². The summed E-state index contributed by atoms with van der Waals surface area (Å²) in [5.74, 6) is -0.0245. The van der Waals surface area contributed by atoms with Crippen LogP contribution in [-0.4, -0.2) is 30.9 Å². The lowest BCUT2D eigenvalue weighted by atomic mass is 10.2. The number of nitrogens with one attached hydrogen (secondary N) is 1. The molecule has 5 heteroatoms. The minimum atomic E-state index is -0.580. The maximum atomic E-state index is 11.2. The van der Waals surface area contributed by atoms with Crippen LogP contribution >= 0.6 is 11.6 Å². The van der Waals surface area contributed by atoms with E-state index in [9.17, 15) is 9.59 Å². The standard InChI is InChI=1S/C9H16ClNO3/c1-7(9(13)14-2)11-8(12)5-3-4-6-10/h7H,3-6H2,1-2H3,(H,11,12)/t7-/m0/s1. The molecule has 0 bridgehead atoms. The molecule has 0 spiro atoms. The largest absolute Gasteiger partial charge is 0.467 e. The molecule has 0 saturated heterocycles. The highest BCUT2D eigenvalue weighted by Gasteiger charge is 2.14. The molecule has 0 aromatic carbocycles. The number of hydrogen-bond acceptors (Lipinski definition) is 3. The van der Waals surface area contributed by atoms with E-state index in [2.05, 4.69) is 10.1 Å². The van der Waals surface area contributed by atoms with Gasteiger partial charge in [0.15, 0.2) is 0 Å². The van der Waals surface area contributed by atoms with Crippen molar-refractivity contribution in [2.75, 3.05) is 13.0 Å². The van der Waals surface area contributed by atoms with Gasteiger partial charge in [-0.15, -0.1) is 11.6 Å². The second-order valence-corrected chi connectivity index (χ2v) is 3.34. The number of amides is 1. The van der Waals surface area contributed by atoms with Crippen molar-refractivity contribution in [1.29, 1.82) is 0 Å². The first-order valence-electron chi connectivity index (χ1n) is 4.55. The predicted octanol–water partition coefficient (Wildman–Crippen LogP) is 1.07. The Hall–Kier alpha value is -0.770. The number of rotatable bonds is 6. The smallest absolute Gasteiger partial charge is 0.328 e. The fourth-order valence-electron chi connectivity index (χ4n) is 0.929. The van der Waals surface area contributed by atoms with Crippen LogP contribution in [0.2, 0.25) is 0 Å². The van der Waals surface area contributed by atoms with Crippen LogP contribution in [0.25, 0.3) is 0 Å². The molecular formula is C9H16ClNO3. The molecule has 14 heavy (non-hydrogen) atoms. The van der Waals surface area contributed by atoms with Gasteiger partial charge in [0.1, 0.15) is 6.04 Å². The number of alkyl halides is 1. The van der Waals surface area contributed by atoms with Crippen LogP contribution < -0.4 is 5.32 Å². The van der Waals surface area contributed by atoms with Crippen LogP contribution in [0.15, 0.2) is 0 Å².